The molecule has 9 heteroatoms. The summed E-state index contributed by atoms with van der Waals surface area (Å²) in [5.41, 5.74) is 0.283. The Morgan fingerprint density at radius 3 is 2.28 bits per heavy atom. The van der Waals surface area contributed by atoms with Crippen LogP contribution in [-0.2, 0) is 29.7 Å². The van der Waals surface area contributed by atoms with Gasteiger partial charge in [0.05, 0.1) is 6.61 Å². The molecule has 0 saturated heterocycles. The Kier molecular flexibility index (Phi) is 11.6. The minimum Gasteiger partial charge on any atom is -0.464 e. The number of ether oxygens (including phenoxy) is 1. The monoisotopic (exact) mass is 480 g/mol. The van der Waals surface area contributed by atoms with Gasteiger partial charge in [-0.15, -0.1) is 0 Å². The van der Waals surface area contributed by atoms with E-state index in [9.17, 15) is 19.2 Å². The summed E-state index contributed by atoms with van der Waals surface area (Å²) in [6.45, 7) is 11.7. The van der Waals surface area contributed by atoms with E-state index < -0.39 is 34.6 Å². The molecule has 32 heavy (non-hydrogen) atoms. The Hall–Kier alpha value is -2.26. The third kappa shape index (κ3) is 9.48. The Labute approximate surface area is 198 Å². The van der Waals surface area contributed by atoms with Gasteiger partial charge in [-0.1, -0.05) is 54.2 Å². The van der Waals surface area contributed by atoms with Gasteiger partial charge in [-0.05, 0) is 33.3 Å². The molecule has 0 aliphatic carbocycles. The number of nitrogens with one attached hydrogen (secondary N) is 2. The molecule has 0 radical (unpaired) electrons. The summed E-state index contributed by atoms with van der Waals surface area (Å²) in [5.74, 6) is -0.565. The van der Waals surface area contributed by atoms with Crippen molar-refractivity contribution >= 4 is 46.4 Å². The van der Waals surface area contributed by atoms with Gasteiger partial charge in [-0.2, -0.15) is 11.8 Å². The van der Waals surface area contributed by atoms with Crippen molar-refractivity contribution in [3.05, 3.63) is 48.0 Å². The van der Waals surface area contributed by atoms with Crippen molar-refractivity contribution < 1.29 is 23.9 Å². The summed E-state index contributed by atoms with van der Waals surface area (Å²) >= 11 is 2.34. The van der Waals surface area contributed by atoms with Crippen LogP contribution in [0, 0.1) is 0 Å². The molecule has 2 atom stereocenters. The number of benzene rings is 1. The fourth-order valence-corrected chi connectivity index (χ4v) is 4.29. The maximum atomic E-state index is 12.9. The van der Waals surface area contributed by atoms with Crippen LogP contribution in [-0.4, -0.2) is 52.1 Å². The SMILES string of the molecule is C=C(C)[C@H](SC(C)=O)C(=O)NC(C)(C)C(=O)N[C@@H](CSCc1ccccc1)C(=O)OCC. The molecule has 0 aliphatic heterocycles. The fraction of sp³-hybridized carbons (Fsp3) is 0.478. The van der Waals surface area contributed by atoms with Crippen molar-refractivity contribution in [3.8, 4) is 0 Å². The molecule has 0 unspecified atom stereocenters. The summed E-state index contributed by atoms with van der Waals surface area (Å²) in [4.78, 5) is 49.5. The van der Waals surface area contributed by atoms with E-state index in [1.165, 1.54) is 32.5 Å². The highest BCUT2D eigenvalue weighted by atomic mass is 32.2. The highest BCUT2D eigenvalue weighted by molar-refractivity contribution is 8.14. The van der Waals surface area contributed by atoms with Crippen LogP contribution in [0.4, 0.5) is 0 Å². The largest absolute Gasteiger partial charge is 0.464 e. The van der Waals surface area contributed by atoms with E-state index in [4.69, 9.17) is 4.74 Å². The number of amides is 2. The number of hydrogen-bond donors (Lipinski definition) is 2. The van der Waals surface area contributed by atoms with Gasteiger partial charge in [0.15, 0.2) is 5.12 Å². The maximum absolute atomic E-state index is 12.9. The first-order valence-electron chi connectivity index (χ1n) is 10.2. The summed E-state index contributed by atoms with van der Waals surface area (Å²) < 4.78 is 5.11. The van der Waals surface area contributed by atoms with Gasteiger partial charge in [0.25, 0.3) is 0 Å². The zero-order valence-electron chi connectivity index (χ0n) is 19.2. The van der Waals surface area contributed by atoms with Gasteiger partial charge in [-0.3, -0.25) is 14.4 Å². The van der Waals surface area contributed by atoms with Crippen LogP contribution in [0.3, 0.4) is 0 Å². The first kappa shape index (κ1) is 27.8. The highest BCUT2D eigenvalue weighted by Gasteiger charge is 2.35. The lowest BCUT2D eigenvalue weighted by molar-refractivity contribution is -0.147. The molecular weight excluding hydrogens is 448 g/mol. The Bertz CT molecular complexity index is 827. The molecule has 0 aromatic heterocycles. The number of carbonyl (C=O) groups excluding carboxylic acids is 4. The number of hydrogen-bond acceptors (Lipinski definition) is 7. The lowest BCUT2D eigenvalue weighted by Crippen LogP contribution is -2.59. The molecule has 7 nitrogen and oxygen atoms in total. The third-order valence-corrected chi connectivity index (χ3v) is 6.54. The molecule has 176 valence electrons. The maximum Gasteiger partial charge on any atom is 0.329 e. The van der Waals surface area contributed by atoms with E-state index in [2.05, 4.69) is 17.2 Å². The topological polar surface area (TPSA) is 102 Å². The van der Waals surface area contributed by atoms with Crippen LogP contribution >= 0.6 is 23.5 Å². The second-order valence-electron chi connectivity index (χ2n) is 7.73. The van der Waals surface area contributed by atoms with Crippen LogP contribution in [0.5, 0.6) is 0 Å². The third-order valence-electron chi connectivity index (χ3n) is 4.25. The van der Waals surface area contributed by atoms with Crippen molar-refractivity contribution in [1.82, 2.24) is 10.6 Å². The van der Waals surface area contributed by atoms with Crippen LogP contribution in [0.25, 0.3) is 0 Å². The number of carbonyl (C=O) groups is 4. The molecule has 1 rings (SSSR count). The second-order valence-corrected chi connectivity index (χ2v) is 10.0. The lowest BCUT2D eigenvalue weighted by atomic mass is 10.0. The molecule has 0 heterocycles. The lowest BCUT2D eigenvalue weighted by Gasteiger charge is -2.29. The molecule has 0 aliphatic rings. The Balaban J connectivity index is 2.82. The van der Waals surface area contributed by atoms with E-state index in [-0.39, 0.29) is 11.7 Å². The number of rotatable bonds is 12. The predicted molar refractivity (Wildman–Crippen MR) is 130 cm³/mol. The second kappa shape index (κ2) is 13.3. The molecule has 0 fully saturated rings. The average Bonchev–Trinajstić information content (AvgIpc) is 2.71. The van der Waals surface area contributed by atoms with Crippen molar-refractivity contribution in [2.45, 2.75) is 57.2 Å². The highest BCUT2D eigenvalue weighted by Crippen LogP contribution is 2.20. The molecule has 2 amide bonds. The van der Waals surface area contributed by atoms with E-state index in [0.717, 1.165) is 17.3 Å². The average molecular weight is 481 g/mol. The van der Waals surface area contributed by atoms with E-state index in [1.807, 2.05) is 30.3 Å². The van der Waals surface area contributed by atoms with Gasteiger partial charge < -0.3 is 15.4 Å². The summed E-state index contributed by atoms with van der Waals surface area (Å²) in [7, 11) is 0. The number of esters is 1. The van der Waals surface area contributed by atoms with Crippen LogP contribution in [0.15, 0.2) is 42.5 Å². The van der Waals surface area contributed by atoms with Crippen molar-refractivity contribution in [2.75, 3.05) is 12.4 Å². The van der Waals surface area contributed by atoms with Crippen LogP contribution in [0.1, 0.15) is 40.2 Å². The van der Waals surface area contributed by atoms with E-state index >= 15 is 0 Å². The zero-order chi connectivity index (χ0) is 24.3. The molecule has 0 spiro atoms. The van der Waals surface area contributed by atoms with Crippen LogP contribution < -0.4 is 10.6 Å². The van der Waals surface area contributed by atoms with Crippen molar-refractivity contribution in [2.24, 2.45) is 0 Å². The minimum absolute atomic E-state index is 0.192. The fourth-order valence-electron chi connectivity index (χ4n) is 2.59. The first-order valence-corrected chi connectivity index (χ1v) is 12.2. The van der Waals surface area contributed by atoms with Gasteiger partial charge in [0.2, 0.25) is 11.8 Å². The van der Waals surface area contributed by atoms with E-state index in [0.29, 0.717) is 17.1 Å². The predicted octanol–water partition coefficient (Wildman–Crippen LogP) is 3.09. The minimum atomic E-state index is -1.32. The van der Waals surface area contributed by atoms with Crippen molar-refractivity contribution in [3.63, 3.8) is 0 Å². The number of thioether (sulfide) groups is 2. The normalized spacial score (nSPS) is 12.9. The summed E-state index contributed by atoms with van der Waals surface area (Å²) in [6, 6.07) is 8.92. The molecule has 0 bridgehead atoms. The van der Waals surface area contributed by atoms with Crippen LogP contribution in [0.2, 0.25) is 0 Å². The molecule has 2 N–H and O–H groups in total. The Morgan fingerprint density at radius 2 is 1.75 bits per heavy atom. The van der Waals surface area contributed by atoms with E-state index in [1.54, 1.807) is 13.8 Å². The molecular formula is C23H32N2O5S2. The molecule has 1 aromatic carbocycles. The van der Waals surface area contributed by atoms with Gasteiger partial charge in [0.1, 0.15) is 16.8 Å². The van der Waals surface area contributed by atoms with Gasteiger partial charge in [0, 0.05) is 18.4 Å². The standard InChI is InChI=1S/C23H32N2O5S2/c1-7-30-21(28)18(14-31-13-17-11-9-8-10-12-17)24-22(29)23(5,6)25-20(27)19(15(2)3)32-16(4)26/h8-12,18-19H,2,7,13-14H2,1,3-6H3,(H,24,29)(H,25,27)/t18-,19-/m0/s1. The molecule has 1 aromatic rings. The smallest absolute Gasteiger partial charge is 0.329 e. The van der Waals surface area contributed by atoms with Gasteiger partial charge in [-0.25, -0.2) is 4.79 Å². The van der Waals surface area contributed by atoms with Crippen molar-refractivity contribution in [1.29, 1.82) is 0 Å². The molecule has 0 saturated carbocycles. The Morgan fingerprint density at radius 1 is 1.12 bits per heavy atom. The van der Waals surface area contributed by atoms with Gasteiger partial charge >= 0.3 is 5.97 Å². The summed E-state index contributed by atoms with van der Waals surface area (Å²) in [5, 5.41) is 4.32. The zero-order valence-corrected chi connectivity index (χ0v) is 20.9. The first-order chi connectivity index (χ1) is 15.0. The summed E-state index contributed by atoms with van der Waals surface area (Å²) in [6.07, 6.45) is 0. The quantitative estimate of drug-likeness (QED) is 0.350.